The molecule has 0 aliphatic heterocycles. The van der Waals surface area contributed by atoms with Crippen molar-refractivity contribution < 1.29 is 4.79 Å². The molecule has 3 heteroatoms. The molecule has 3 N–H and O–H groups in total. The molecule has 1 aliphatic rings. The number of nitrogens with one attached hydrogen (secondary N) is 1. The Hall–Kier alpha value is -0.570. The number of carbonyl (C=O) groups is 1. The van der Waals surface area contributed by atoms with E-state index in [2.05, 4.69) is 19.2 Å². The third-order valence-corrected chi connectivity index (χ3v) is 3.10. The van der Waals surface area contributed by atoms with Crippen LogP contribution in [0.3, 0.4) is 0 Å². The molecule has 1 aliphatic carbocycles. The topological polar surface area (TPSA) is 55.1 Å². The van der Waals surface area contributed by atoms with Gasteiger partial charge in [-0.1, -0.05) is 26.7 Å². The second-order valence-corrected chi connectivity index (χ2v) is 5.13. The number of carbonyl (C=O) groups excluding carboxylic acids is 1. The summed E-state index contributed by atoms with van der Waals surface area (Å²) in [5.41, 5.74) is 5.79. The molecule has 0 spiro atoms. The van der Waals surface area contributed by atoms with E-state index in [1.54, 1.807) is 0 Å². The molecule has 0 aromatic carbocycles. The average Bonchev–Trinajstić information content (AvgIpc) is 2.65. The summed E-state index contributed by atoms with van der Waals surface area (Å²) in [6.45, 7) is 5.00. The monoisotopic (exact) mass is 212 g/mol. The summed E-state index contributed by atoms with van der Waals surface area (Å²) in [6, 6.07) is -0.327. The first-order chi connectivity index (χ1) is 7.09. The summed E-state index contributed by atoms with van der Waals surface area (Å²) in [4.78, 5) is 11.6. The van der Waals surface area contributed by atoms with Crippen LogP contribution in [0.5, 0.6) is 0 Å². The Labute approximate surface area is 92.8 Å². The van der Waals surface area contributed by atoms with Gasteiger partial charge in [0, 0.05) is 6.54 Å². The Morgan fingerprint density at radius 1 is 1.40 bits per heavy atom. The van der Waals surface area contributed by atoms with Crippen LogP contribution in [-0.2, 0) is 4.79 Å². The van der Waals surface area contributed by atoms with E-state index in [0.717, 1.165) is 13.0 Å². The number of rotatable bonds is 5. The van der Waals surface area contributed by atoms with Gasteiger partial charge in [0.15, 0.2) is 0 Å². The first kappa shape index (κ1) is 12.5. The van der Waals surface area contributed by atoms with Crippen molar-refractivity contribution in [2.75, 3.05) is 6.54 Å². The average molecular weight is 212 g/mol. The van der Waals surface area contributed by atoms with Gasteiger partial charge in [-0.15, -0.1) is 0 Å². The fourth-order valence-corrected chi connectivity index (χ4v) is 2.21. The SMILES string of the molecule is CC(C)CC(N)C(=O)NCC1CCCC1. The maximum Gasteiger partial charge on any atom is 0.236 e. The number of hydrogen-bond donors (Lipinski definition) is 2. The molecule has 1 amide bonds. The highest BCUT2D eigenvalue weighted by Crippen LogP contribution is 2.23. The van der Waals surface area contributed by atoms with Gasteiger partial charge in [0.05, 0.1) is 6.04 Å². The molecule has 3 nitrogen and oxygen atoms in total. The Balaban J connectivity index is 2.16. The van der Waals surface area contributed by atoms with Crippen LogP contribution >= 0.6 is 0 Å². The van der Waals surface area contributed by atoms with Crippen LogP contribution in [-0.4, -0.2) is 18.5 Å². The molecule has 0 aromatic rings. The fourth-order valence-electron chi connectivity index (χ4n) is 2.21. The highest BCUT2D eigenvalue weighted by atomic mass is 16.2. The molecule has 1 fully saturated rings. The summed E-state index contributed by atoms with van der Waals surface area (Å²) in [5, 5.41) is 2.97. The van der Waals surface area contributed by atoms with Crippen LogP contribution in [0, 0.1) is 11.8 Å². The van der Waals surface area contributed by atoms with Crippen LogP contribution in [0.1, 0.15) is 46.0 Å². The van der Waals surface area contributed by atoms with Gasteiger partial charge >= 0.3 is 0 Å². The molecule has 0 radical (unpaired) electrons. The normalized spacial score (nSPS) is 19.5. The molecule has 0 heterocycles. The van der Waals surface area contributed by atoms with Crippen molar-refractivity contribution >= 4 is 5.91 Å². The maximum atomic E-state index is 11.6. The fraction of sp³-hybridized carbons (Fsp3) is 0.917. The van der Waals surface area contributed by atoms with Crippen molar-refractivity contribution in [3.8, 4) is 0 Å². The summed E-state index contributed by atoms with van der Waals surface area (Å²) >= 11 is 0. The third-order valence-electron chi connectivity index (χ3n) is 3.10. The lowest BCUT2D eigenvalue weighted by Crippen LogP contribution is -2.42. The van der Waals surface area contributed by atoms with Crippen molar-refractivity contribution in [2.45, 2.75) is 52.0 Å². The lowest BCUT2D eigenvalue weighted by Gasteiger charge is -2.16. The molecule has 1 saturated carbocycles. The molecule has 1 atom stereocenters. The van der Waals surface area contributed by atoms with E-state index < -0.39 is 0 Å². The first-order valence-electron chi connectivity index (χ1n) is 6.13. The molecular formula is C12H24N2O. The van der Waals surface area contributed by atoms with E-state index in [0.29, 0.717) is 11.8 Å². The van der Waals surface area contributed by atoms with Crippen molar-refractivity contribution in [3.05, 3.63) is 0 Å². The van der Waals surface area contributed by atoms with E-state index in [-0.39, 0.29) is 11.9 Å². The van der Waals surface area contributed by atoms with E-state index >= 15 is 0 Å². The summed E-state index contributed by atoms with van der Waals surface area (Å²) < 4.78 is 0. The second-order valence-electron chi connectivity index (χ2n) is 5.13. The standard InChI is InChI=1S/C12H24N2O/c1-9(2)7-11(13)12(15)14-8-10-5-3-4-6-10/h9-11H,3-8,13H2,1-2H3,(H,14,15). The van der Waals surface area contributed by atoms with Crippen molar-refractivity contribution in [2.24, 2.45) is 17.6 Å². The quantitative estimate of drug-likeness (QED) is 0.728. The third kappa shape index (κ3) is 4.65. The van der Waals surface area contributed by atoms with Crippen molar-refractivity contribution in [1.29, 1.82) is 0 Å². The Morgan fingerprint density at radius 3 is 2.53 bits per heavy atom. The van der Waals surface area contributed by atoms with E-state index in [1.165, 1.54) is 25.7 Å². The van der Waals surface area contributed by atoms with E-state index in [1.807, 2.05) is 0 Å². The van der Waals surface area contributed by atoms with Crippen LogP contribution in [0.25, 0.3) is 0 Å². The molecule has 1 rings (SSSR count). The van der Waals surface area contributed by atoms with Gasteiger partial charge in [-0.25, -0.2) is 0 Å². The van der Waals surface area contributed by atoms with Gasteiger partial charge in [0.25, 0.3) is 0 Å². The van der Waals surface area contributed by atoms with Gasteiger partial charge < -0.3 is 11.1 Å². The zero-order valence-corrected chi connectivity index (χ0v) is 9.96. The molecule has 0 aromatic heterocycles. The Kier molecular flexibility index (Phi) is 5.09. The van der Waals surface area contributed by atoms with E-state index in [9.17, 15) is 4.79 Å². The smallest absolute Gasteiger partial charge is 0.236 e. The molecular weight excluding hydrogens is 188 g/mol. The minimum Gasteiger partial charge on any atom is -0.354 e. The molecule has 0 saturated heterocycles. The minimum absolute atomic E-state index is 0.0237. The summed E-state index contributed by atoms with van der Waals surface area (Å²) in [6.07, 6.45) is 5.94. The summed E-state index contributed by atoms with van der Waals surface area (Å²) in [5.74, 6) is 1.20. The number of hydrogen-bond acceptors (Lipinski definition) is 2. The highest BCUT2D eigenvalue weighted by Gasteiger charge is 2.18. The van der Waals surface area contributed by atoms with Crippen LogP contribution in [0.4, 0.5) is 0 Å². The van der Waals surface area contributed by atoms with Crippen LogP contribution in [0.15, 0.2) is 0 Å². The highest BCUT2D eigenvalue weighted by molar-refractivity contribution is 5.81. The van der Waals surface area contributed by atoms with Gasteiger partial charge in [-0.2, -0.15) is 0 Å². The lowest BCUT2D eigenvalue weighted by atomic mass is 10.0. The minimum atomic E-state index is -0.327. The van der Waals surface area contributed by atoms with Crippen LogP contribution in [0.2, 0.25) is 0 Å². The second kappa shape index (κ2) is 6.11. The zero-order valence-electron chi connectivity index (χ0n) is 9.96. The zero-order chi connectivity index (χ0) is 11.3. The van der Waals surface area contributed by atoms with Crippen LogP contribution < -0.4 is 11.1 Å². The van der Waals surface area contributed by atoms with Gasteiger partial charge in [0.2, 0.25) is 5.91 Å². The predicted molar refractivity (Wildman–Crippen MR) is 62.4 cm³/mol. The molecule has 0 bridgehead atoms. The van der Waals surface area contributed by atoms with Gasteiger partial charge in [-0.3, -0.25) is 4.79 Å². The van der Waals surface area contributed by atoms with Gasteiger partial charge in [0.1, 0.15) is 0 Å². The first-order valence-corrected chi connectivity index (χ1v) is 6.13. The summed E-state index contributed by atoms with van der Waals surface area (Å²) in [7, 11) is 0. The largest absolute Gasteiger partial charge is 0.354 e. The van der Waals surface area contributed by atoms with Crippen molar-refractivity contribution in [1.82, 2.24) is 5.32 Å². The lowest BCUT2D eigenvalue weighted by molar-refractivity contribution is -0.122. The van der Waals surface area contributed by atoms with Gasteiger partial charge in [-0.05, 0) is 31.1 Å². The Morgan fingerprint density at radius 2 is 2.00 bits per heavy atom. The van der Waals surface area contributed by atoms with E-state index in [4.69, 9.17) is 5.73 Å². The molecule has 88 valence electrons. The molecule has 1 unspecified atom stereocenters. The predicted octanol–water partition coefficient (Wildman–Crippen LogP) is 1.67. The maximum absolute atomic E-state index is 11.6. The molecule has 15 heavy (non-hydrogen) atoms. The number of nitrogens with two attached hydrogens (primary N) is 1. The Bertz CT molecular complexity index is 198. The number of amides is 1. The van der Waals surface area contributed by atoms with Crippen molar-refractivity contribution in [3.63, 3.8) is 0 Å².